The summed E-state index contributed by atoms with van der Waals surface area (Å²) in [5.74, 6) is -1.37. The van der Waals surface area contributed by atoms with E-state index in [4.69, 9.17) is 0 Å². The van der Waals surface area contributed by atoms with Gasteiger partial charge in [-0.2, -0.15) is 4.39 Å². The van der Waals surface area contributed by atoms with E-state index < -0.39 is 27.6 Å². The molecule has 1 aromatic carbocycles. The quantitative estimate of drug-likeness (QED) is 0.501. The molecule has 0 saturated carbocycles. The van der Waals surface area contributed by atoms with Crippen LogP contribution in [0.3, 0.4) is 0 Å². The average Bonchev–Trinajstić information content (AvgIpc) is 2.86. The van der Waals surface area contributed by atoms with Crippen LogP contribution < -0.4 is 5.32 Å². The van der Waals surface area contributed by atoms with Crippen LogP contribution in [-0.4, -0.2) is 36.3 Å². The SMILES string of the molecule is CC(Sc1nnnn1C)C(=O)Nc1ccc(F)c([N+](=O)[O-])c1. The van der Waals surface area contributed by atoms with Gasteiger partial charge in [-0.3, -0.25) is 14.9 Å². The summed E-state index contributed by atoms with van der Waals surface area (Å²) in [6, 6.07) is 3.15. The fraction of sp³-hybridized carbons (Fsp3) is 0.273. The lowest BCUT2D eigenvalue weighted by molar-refractivity contribution is -0.387. The standard InChI is InChI=1S/C11H11FN6O3S/c1-6(22-11-14-15-16-17(11)2)10(19)13-7-3-4-8(12)9(5-7)18(20)21/h3-6H,1-2H3,(H,13,19). The molecule has 0 aliphatic heterocycles. The van der Waals surface area contributed by atoms with Gasteiger partial charge in [0.25, 0.3) is 0 Å². The van der Waals surface area contributed by atoms with Gasteiger partial charge in [0, 0.05) is 18.8 Å². The molecule has 22 heavy (non-hydrogen) atoms. The summed E-state index contributed by atoms with van der Waals surface area (Å²) in [4.78, 5) is 21.9. The Labute approximate surface area is 128 Å². The van der Waals surface area contributed by atoms with Gasteiger partial charge in [0.05, 0.1) is 10.2 Å². The summed E-state index contributed by atoms with van der Waals surface area (Å²) in [6.45, 7) is 1.63. The van der Waals surface area contributed by atoms with Crippen molar-refractivity contribution in [1.82, 2.24) is 20.2 Å². The Morgan fingerprint density at radius 1 is 1.55 bits per heavy atom. The van der Waals surface area contributed by atoms with E-state index in [0.717, 1.165) is 23.9 Å². The zero-order valence-corrected chi connectivity index (χ0v) is 12.4. The van der Waals surface area contributed by atoms with Crippen LogP contribution in [0.15, 0.2) is 23.4 Å². The van der Waals surface area contributed by atoms with Crippen LogP contribution in [0.1, 0.15) is 6.92 Å². The summed E-state index contributed by atoms with van der Waals surface area (Å²) < 4.78 is 14.6. The lowest BCUT2D eigenvalue weighted by Crippen LogP contribution is -2.23. The third kappa shape index (κ3) is 3.55. The van der Waals surface area contributed by atoms with Crippen molar-refractivity contribution in [3.05, 3.63) is 34.1 Å². The number of hydrogen-bond acceptors (Lipinski definition) is 7. The molecule has 1 unspecified atom stereocenters. The lowest BCUT2D eigenvalue weighted by atomic mass is 10.2. The van der Waals surface area contributed by atoms with Gasteiger partial charge in [-0.25, -0.2) is 4.68 Å². The zero-order chi connectivity index (χ0) is 16.3. The number of aryl methyl sites for hydroxylation is 1. The Morgan fingerprint density at radius 3 is 2.86 bits per heavy atom. The molecule has 0 radical (unpaired) electrons. The zero-order valence-electron chi connectivity index (χ0n) is 11.6. The molecule has 1 aromatic heterocycles. The lowest BCUT2D eigenvalue weighted by Gasteiger charge is -2.10. The minimum Gasteiger partial charge on any atom is -0.325 e. The summed E-state index contributed by atoms with van der Waals surface area (Å²) in [6.07, 6.45) is 0. The van der Waals surface area contributed by atoms with E-state index in [1.165, 1.54) is 10.7 Å². The number of carbonyl (C=O) groups is 1. The molecular formula is C11H11FN6O3S. The molecule has 0 saturated heterocycles. The van der Waals surface area contributed by atoms with Crippen LogP contribution in [0, 0.1) is 15.9 Å². The van der Waals surface area contributed by atoms with Gasteiger partial charge in [-0.1, -0.05) is 11.8 Å². The van der Waals surface area contributed by atoms with Crippen LogP contribution in [0.4, 0.5) is 15.8 Å². The predicted molar refractivity (Wildman–Crippen MR) is 75.8 cm³/mol. The molecule has 11 heteroatoms. The second-order valence-electron chi connectivity index (χ2n) is 4.26. The van der Waals surface area contributed by atoms with Crippen molar-refractivity contribution in [3.63, 3.8) is 0 Å². The van der Waals surface area contributed by atoms with Gasteiger partial charge < -0.3 is 5.32 Å². The highest BCUT2D eigenvalue weighted by atomic mass is 32.2. The van der Waals surface area contributed by atoms with Crippen LogP contribution in [-0.2, 0) is 11.8 Å². The van der Waals surface area contributed by atoms with Crippen LogP contribution in [0.5, 0.6) is 0 Å². The Bertz CT molecular complexity index is 722. The summed E-state index contributed by atoms with van der Waals surface area (Å²) >= 11 is 1.12. The first kappa shape index (κ1) is 15.8. The Hall–Kier alpha value is -2.56. The van der Waals surface area contributed by atoms with Gasteiger partial charge in [-0.15, -0.1) is 5.10 Å². The summed E-state index contributed by atoms with van der Waals surface area (Å²) in [7, 11) is 1.64. The molecule has 9 nitrogen and oxygen atoms in total. The molecule has 0 fully saturated rings. The van der Waals surface area contributed by atoms with E-state index in [9.17, 15) is 19.3 Å². The van der Waals surface area contributed by atoms with Crippen molar-refractivity contribution >= 4 is 29.0 Å². The molecule has 1 N–H and O–H groups in total. The highest BCUT2D eigenvalue weighted by Crippen LogP contribution is 2.24. The van der Waals surface area contributed by atoms with Crippen molar-refractivity contribution in [1.29, 1.82) is 0 Å². The van der Waals surface area contributed by atoms with Gasteiger partial charge in [-0.05, 0) is 29.5 Å². The Morgan fingerprint density at radius 2 is 2.27 bits per heavy atom. The number of nitro groups is 1. The Balaban J connectivity index is 2.07. The van der Waals surface area contributed by atoms with Crippen LogP contribution >= 0.6 is 11.8 Å². The van der Waals surface area contributed by atoms with Crippen molar-refractivity contribution in [3.8, 4) is 0 Å². The molecule has 0 spiro atoms. The highest BCUT2D eigenvalue weighted by Gasteiger charge is 2.20. The first-order valence-electron chi connectivity index (χ1n) is 6.02. The van der Waals surface area contributed by atoms with Gasteiger partial charge in [0.2, 0.25) is 16.9 Å². The summed E-state index contributed by atoms with van der Waals surface area (Å²) in [5, 5.41) is 23.9. The summed E-state index contributed by atoms with van der Waals surface area (Å²) in [5.41, 5.74) is -0.558. The highest BCUT2D eigenvalue weighted by molar-refractivity contribution is 8.00. The predicted octanol–water partition coefficient (Wildman–Crippen LogP) is 1.38. The molecule has 2 aromatic rings. The van der Waals surface area contributed by atoms with Crippen molar-refractivity contribution in [2.45, 2.75) is 17.3 Å². The van der Waals surface area contributed by atoms with Gasteiger partial charge in [0.15, 0.2) is 0 Å². The van der Waals surface area contributed by atoms with Crippen molar-refractivity contribution < 1.29 is 14.1 Å². The minimum atomic E-state index is -0.962. The third-order valence-electron chi connectivity index (χ3n) is 2.64. The maximum absolute atomic E-state index is 13.2. The topological polar surface area (TPSA) is 116 Å². The number of nitro benzene ring substituents is 1. The number of aromatic nitrogens is 4. The van der Waals surface area contributed by atoms with E-state index in [-0.39, 0.29) is 5.69 Å². The number of anilines is 1. The molecule has 1 amide bonds. The number of nitrogens with one attached hydrogen (secondary N) is 1. The minimum absolute atomic E-state index is 0.140. The van der Waals surface area contributed by atoms with E-state index >= 15 is 0 Å². The smallest absolute Gasteiger partial charge is 0.306 e. The molecular weight excluding hydrogens is 315 g/mol. The number of rotatable bonds is 5. The second-order valence-corrected chi connectivity index (χ2v) is 5.57. The van der Waals surface area contributed by atoms with Gasteiger partial charge in [0.1, 0.15) is 0 Å². The molecule has 2 rings (SSSR count). The van der Waals surface area contributed by atoms with Crippen LogP contribution in [0.25, 0.3) is 0 Å². The molecule has 0 aliphatic carbocycles. The number of carbonyl (C=O) groups excluding carboxylic acids is 1. The molecule has 0 aliphatic rings. The largest absolute Gasteiger partial charge is 0.325 e. The van der Waals surface area contributed by atoms with E-state index in [1.807, 2.05) is 0 Å². The number of hydrogen-bond donors (Lipinski definition) is 1. The number of nitrogens with zero attached hydrogens (tertiary/aromatic N) is 5. The number of halogens is 1. The molecule has 1 heterocycles. The number of amides is 1. The molecule has 0 bridgehead atoms. The molecule has 1 atom stereocenters. The maximum Gasteiger partial charge on any atom is 0.306 e. The van der Waals surface area contributed by atoms with Crippen molar-refractivity contribution in [2.24, 2.45) is 7.05 Å². The maximum atomic E-state index is 13.2. The second kappa shape index (κ2) is 6.47. The third-order valence-corrected chi connectivity index (χ3v) is 3.77. The first-order chi connectivity index (χ1) is 10.4. The Kier molecular flexibility index (Phi) is 4.65. The number of benzene rings is 1. The number of thioether (sulfide) groups is 1. The fourth-order valence-electron chi connectivity index (χ4n) is 1.51. The molecule has 116 valence electrons. The van der Waals surface area contributed by atoms with E-state index in [0.29, 0.717) is 5.16 Å². The number of tetrazole rings is 1. The van der Waals surface area contributed by atoms with E-state index in [2.05, 4.69) is 20.8 Å². The average molecular weight is 326 g/mol. The van der Waals surface area contributed by atoms with E-state index in [1.54, 1.807) is 14.0 Å². The van der Waals surface area contributed by atoms with Gasteiger partial charge >= 0.3 is 5.69 Å². The first-order valence-corrected chi connectivity index (χ1v) is 6.90. The van der Waals surface area contributed by atoms with Crippen molar-refractivity contribution in [2.75, 3.05) is 5.32 Å². The normalized spacial score (nSPS) is 12.0. The fourth-order valence-corrected chi connectivity index (χ4v) is 2.26. The monoisotopic (exact) mass is 326 g/mol. The van der Waals surface area contributed by atoms with Crippen LogP contribution in [0.2, 0.25) is 0 Å².